The van der Waals surface area contributed by atoms with Crippen LogP contribution in [0.25, 0.3) is 0 Å². The van der Waals surface area contributed by atoms with Crippen molar-refractivity contribution in [3.8, 4) is 0 Å². The van der Waals surface area contributed by atoms with Crippen LogP contribution in [0.4, 0.5) is 0 Å². The average Bonchev–Trinajstić information content (AvgIpc) is 2.51. The number of ketones is 1. The first-order valence-electron chi connectivity index (χ1n) is 3.50. The molecule has 4 heteroatoms. The minimum Gasteiger partial charge on any atom is -0.453 e. The summed E-state index contributed by atoms with van der Waals surface area (Å²) in [6.45, 7) is 1.19. The quantitative estimate of drug-likeness (QED) is 0.676. The third kappa shape index (κ3) is 2.23. The number of carbonyl (C=O) groups is 2. The molecule has 1 aromatic heterocycles. The standard InChI is InChI=1S/C8H9NO3/c1-6(10)5-12-8(11)7-3-2-4-9-7/h2-4,9H,5H2,1H3. The van der Waals surface area contributed by atoms with Gasteiger partial charge in [-0.1, -0.05) is 0 Å². The number of hydrogen-bond donors (Lipinski definition) is 1. The zero-order valence-electron chi connectivity index (χ0n) is 6.66. The van der Waals surface area contributed by atoms with Gasteiger partial charge in [-0.2, -0.15) is 0 Å². The third-order valence-electron chi connectivity index (χ3n) is 1.22. The van der Waals surface area contributed by atoms with Gasteiger partial charge in [0.15, 0.2) is 5.78 Å². The van der Waals surface area contributed by atoms with Crippen LogP contribution in [-0.2, 0) is 9.53 Å². The lowest BCUT2D eigenvalue weighted by Gasteiger charge is -1.98. The van der Waals surface area contributed by atoms with Gasteiger partial charge in [0.1, 0.15) is 12.3 Å². The number of aromatic amines is 1. The van der Waals surface area contributed by atoms with Crippen LogP contribution in [0.15, 0.2) is 18.3 Å². The van der Waals surface area contributed by atoms with E-state index in [4.69, 9.17) is 0 Å². The van der Waals surface area contributed by atoms with Crippen molar-refractivity contribution in [2.24, 2.45) is 0 Å². The zero-order valence-corrected chi connectivity index (χ0v) is 6.66. The monoisotopic (exact) mass is 167 g/mol. The minimum absolute atomic E-state index is 0.169. The fourth-order valence-electron chi connectivity index (χ4n) is 0.702. The predicted molar refractivity (Wildman–Crippen MR) is 41.8 cm³/mol. The number of ether oxygens (including phenoxy) is 1. The highest BCUT2D eigenvalue weighted by atomic mass is 16.5. The molecule has 12 heavy (non-hydrogen) atoms. The fraction of sp³-hybridized carbons (Fsp3) is 0.250. The van der Waals surface area contributed by atoms with Gasteiger partial charge in [-0.25, -0.2) is 4.79 Å². The lowest BCUT2D eigenvalue weighted by atomic mass is 10.4. The maximum absolute atomic E-state index is 11.0. The van der Waals surface area contributed by atoms with Crippen molar-refractivity contribution >= 4 is 11.8 Å². The highest BCUT2D eigenvalue weighted by Gasteiger charge is 2.07. The SMILES string of the molecule is CC(=O)COC(=O)c1ccc[nH]1. The zero-order chi connectivity index (χ0) is 8.97. The summed E-state index contributed by atoms with van der Waals surface area (Å²) in [4.78, 5) is 24.1. The largest absolute Gasteiger partial charge is 0.453 e. The van der Waals surface area contributed by atoms with E-state index in [-0.39, 0.29) is 12.4 Å². The van der Waals surface area contributed by atoms with E-state index in [2.05, 4.69) is 9.72 Å². The Labute approximate surface area is 69.5 Å². The maximum Gasteiger partial charge on any atom is 0.355 e. The Kier molecular flexibility index (Phi) is 2.63. The molecule has 0 spiro atoms. The summed E-state index contributed by atoms with van der Waals surface area (Å²) < 4.78 is 4.63. The summed E-state index contributed by atoms with van der Waals surface area (Å²) in [6, 6.07) is 3.27. The van der Waals surface area contributed by atoms with Gasteiger partial charge in [0, 0.05) is 6.20 Å². The van der Waals surface area contributed by atoms with Crippen LogP contribution in [0.3, 0.4) is 0 Å². The van der Waals surface area contributed by atoms with Crippen molar-refractivity contribution in [2.75, 3.05) is 6.61 Å². The van der Waals surface area contributed by atoms with E-state index in [1.165, 1.54) is 6.92 Å². The van der Waals surface area contributed by atoms with E-state index >= 15 is 0 Å². The number of H-pyrrole nitrogens is 1. The Bertz CT molecular complexity index is 277. The van der Waals surface area contributed by atoms with Crippen LogP contribution < -0.4 is 0 Å². The van der Waals surface area contributed by atoms with Gasteiger partial charge >= 0.3 is 5.97 Å². The van der Waals surface area contributed by atoms with Crippen LogP contribution in [-0.4, -0.2) is 23.3 Å². The van der Waals surface area contributed by atoms with Crippen LogP contribution >= 0.6 is 0 Å². The molecular formula is C8H9NO3. The molecule has 0 aliphatic carbocycles. The van der Waals surface area contributed by atoms with Gasteiger partial charge in [-0.15, -0.1) is 0 Å². The van der Waals surface area contributed by atoms with Crippen LogP contribution in [0.2, 0.25) is 0 Å². The van der Waals surface area contributed by atoms with Gasteiger partial charge in [-0.3, -0.25) is 4.79 Å². The topological polar surface area (TPSA) is 59.2 Å². The predicted octanol–water partition coefficient (Wildman–Crippen LogP) is 0.760. The lowest BCUT2D eigenvalue weighted by molar-refractivity contribution is -0.120. The van der Waals surface area contributed by atoms with E-state index in [1.807, 2.05) is 0 Å². The molecular weight excluding hydrogens is 158 g/mol. The van der Waals surface area contributed by atoms with Crippen molar-refractivity contribution < 1.29 is 14.3 Å². The maximum atomic E-state index is 11.0. The average molecular weight is 167 g/mol. The van der Waals surface area contributed by atoms with E-state index in [0.29, 0.717) is 5.69 Å². The van der Waals surface area contributed by atoms with E-state index in [9.17, 15) is 9.59 Å². The first-order chi connectivity index (χ1) is 5.70. The molecule has 0 amide bonds. The Morgan fingerprint density at radius 2 is 2.33 bits per heavy atom. The molecule has 0 saturated carbocycles. The number of esters is 1. The molecule has 0 saturated heterocycles. The molecule has 4 nitrogen and oxygen atoms in total. The van der Waals surface area contributed by atoms with E-state index < -0.39 is 5.97 Å². The molecule has 0 atom stereocenters. The van der Waals surface area contributed by atoms with Crippen molar-refractivity contribution in [1.82, 2.24) is 4.98 Å². The molecule has 0 fully saturated rings. The van der Waals surface area contributed by atoms with Crippen molar-refractivity contribution in [3.63, 3.8) is 0 Å². The van der Waals surface area contributed by atoms with Crippen molar-refractivity contribution in [2.45, 2.75) is 6.92 Å². The summed E-state index contributed by atoms with van der Waals surface area (Å²) >= 11 is 0. The molecule has 0 aliphatic rings. The van der Waals surface area contributed by atoms with Gasteiger partial charge in [0.25, 0.3) is 0 Å². The van der Waals surface area contributed by atoms with Crippen LogP contribution in [0.1, 0.15) is 17.4 Å². The van der Waals surface area contributed by atoms with Gasteiger partial charge in [0.05, 0.1) is 0 Å². The van der Waals surface area contributed by atoms with Gasteiger partial charge in [-0.05, 0) is 19.1 Å². The molecule has 0 bridgehead atoms. The Morgan fingerprint density at radius 3 is 2.83 bits per heavy atom. The van der Waals surface area contributed by atoms with Gasteiger partial charge < -0.3 is 9.72 Å². The fourth-order valence-corrected chi connectivity index (χ4v) is 0.702. The summed E-state index contributed by atoms with van der Waals surface area (Å²) in [5.74, 6) is -0.676. The number of rotatable bonds is 3. The molecule has 0 aromatic carbocycles. The normalized spacial score (nSPS) is 9.42. The molecule has 0 unspecified atom stereocenters. The summed E-state index contributed by atoms with van der Waals surface area (Å²) in [6.07, 6.45) is 1.62. The number of carbonyl (C=O) groups excluding carboxylic acids is 2. The first-order valence-corrected chi connectivity index (χ1v) is 3.50. The van der Waals surface area contributed by atoms with E-state index in [1.54, 1.807) is 18.3 Å². The number of hydrogen-bond acceptors (Lipinski definition) is 3. The second-order valence-corrected chi connectivity index (χ2v) is 2.36. The Hall–Kier alpha value is -1.58. The van der Waals surface area contributed by atoms with Crippen molar-refractivity contribution in [3.05, 3.63) is 24.0 Å². The molecule has 1 rings (SSSR count). The lowest BCUT2D eigenvalue weighted by Crippen LogP contribution is -2.11. The Balaban J connectivity index is 2.45. The summed E-state index contributed by atoms with van der Waals surface area (Å²) in [5.41, 5.74) is 0.358. The minimum atomic E-state index is -0.504. The number of nitrogens with one attached hydrogen (secondary N) is 1. The van der Waals surface area contributed by atoms with Gasteiger partial charge in [0.2, 0.25) is 0 Å². The second kappa shape index (κ2) is 3.71. The molecule has 0 aliphatic heterocycles. The molecule has 1 N–H and O–H groups in total. The van der Waals surface area contributed by atoms with Crippen LogP contribution in [0, 0.1) is 0 Å². The second-order valence-electron chi connectivity index (χ2n) is 2.36. The van der Waals surface area contributed by atoms with Crippen molar-refractivity contribution in [1.29, 1.82) is 0 Å². The van der Waals surface area contributed by atoms with E-state index in [0.717, 1.165) is 0 Å². The summed E-state index contributed by atoms with van der Waals surface area (Å²) in [7, 11) is 0. The Morgan fingerprint density at radius 1 is 1.58 bits per heavy atom. The number of aromatic nitrogens is 1. The highest BCUT2D eigenvalue weighted by Crippen LogP contribution is 1.96. The first kappa shape index (κ1) is 8.52. The van der Waals surface area contributed by atoms with Crippen LogP contribution in [0.5, 0.6) is 0 Å². The molecule has 1 heterocycles. The summed E-state index contributed by atoms with van der Waals surface area (Å²) in [5, 5.41) is 0. The molecule has 64 valence electrons. The molecule has 1 aromatic rings. The molecule has 0 radical (unpaired) electrons. The smallest absolute Gasteiger partial charge is 0.355 e. The highest BCUT2D eigenvalue weighted by molar-refractivity contribution is 5.89. The number of Topliss-reactive ketones (excluding diaryl/α,β-unsaturated/α-hetero) is 1. The third-order valence-corrected chi connectivity index (χ3v) is 1.22.